The van der Waals surface area contributed by atoms with Crippen LogP contribution < -0.4 is 0 Å². The van der Waals surface area contributed by atoms with Crippen LogP contribution in [0.4, 0.5) is 8.78 Å². The Balaban J connectivity index is 1.66. The van der Waals surface area contributed by atoms with Crippen LogP contribution in [0.25, 0.3) is 10.2 Å². The molecule has 1 aliphatic rings. The normalized spacial score (nSPS) is 16.6. The quantitative estimate of drug-likeness (QED) is 0.532. The maximum Gasteiger partial charge on any atom is 0.310 e. The number of benzene rings is 1. The number of esters is 1. The topological polar surface area (TPSA) is 51.5 Å². The molecule has 0 N–H and O–H groups in total. The molecule has 4 rings (SSSR count). The van der Waals surface area contributed by atoms with Crippen LogP contribution in [0.3, 0.4) is 0 Å². The lowest BCUT2D eigenvalue weighted by molar-refractivity contribution is -0.149. The van der Waals surface area contributed by atoms with Crippen molar-refractivity contribution in [1.82, 2.24) is 9.47 Å². The van der Waals surface area contributed by atoms with Crippen molar-refractivity contribution in [2.45, 2.75) is 33.2 Å². The molecule has 1 saturated heterocycles. The number of thiophene rings is 1. The first-order valence-electron chi connectivity index (χ1n) is 10.4. The van der Waals surface area contributed by atoms with Gasteiger partial charge in [0.25, 0.3) is 5.91 Å². The Bertz CT molecular complexity index is 1140. The second kappa shape index (κ2) is 8.78. The van der Waals surface area contributed by atoms with Crippen molar-refractivity contribution in [3.63, 3.8) is 0 Å². The molecule has 0 spiro atoms. The van der Waals surface area contributed by atoms with Gasteiger partial charge in [-0.25, -0.2) is 8.78 Å². The summed E-state index contributed by atoms with van der Waals surface area (Å²) in [7, 11) is 0. The van der Waals surface area contributed by atoms with Gasteiger partial charge in [0, 0.05) is 24.5 Å². The Morgan fingerprint density at radius 3 is 2.74 bits per heavy atom. The van der Waals surface area contributed by atoms with E-state index in [0.717, 1.165) is 33.6 Å². The third-order valence-electron chi connectivity index (χ3n) is 5.59. The van der Waals surface area contributed by atoms with Crippen LogP contribution in [-0.2, 0) is 16.1 Å². The maximum atomic E-state index is 13.8. The Kier molecular flexibility index (Phi) is 6.09. The van der Waals surface area contributed by atoms with E-state index in [2.05, 4.69) is 0 Å². The van der Waals surface area contributed by atoms with Crippen molar-refractivity contribution in [3.8, 4) is 0 Å². The number of rotatable bonds is 5. The zero-order chi connectivity index (χ0) is 22.1. The minimum atomic E-state index is -0.913. The molecule has 1 fully saturated rings. The van der Waals surface area contributed by atoms with Gasteiger partial charge in [0.15, 0.2) is 11.6 Å². The van der Waals surface area contributed by atoms with E-state index in [4.69, 9.17) is 4.74 Å². The van der Waals surface area contributed by atoms with Crippen LogP contribution >= 0.6 is 11.3 Å². The van der Waals surface area contributed by atoms with Crippen molar-refractivity contribution in [1.29, 1.82) is 0 Å². The number of hydrogen-bond donors (Lipinski definition) is 0. The summed E-state index contributed by atoms with van der Waals surface area (Å²) in [6.07, 6.45) is 1.43. The van der Waals surface area contributed by atoms with E-state index < -0.39 is 11.6 Å². The van der Waals surface area contributed by atoms with Gasteiger partial charge in [0.2, 0.25) is 0 Å². The van der Waals surface area contributed by atoms with E-state index in [0.29, 0.717) is 37.4 Å². The van der Waals surface area contributed by atoms with Crippen LogP contribution in [-0.4, -0.2) is 41.0 Å². The third-order valence-corrected chi connectivity index (χ3v) is 6.57. The van der Waals surface area contributed by atoms with Crippen LogP contribution in [0.1, 0.15) is 40.7 Å². The van der Waals surface area contributed by atoms with Crippen molar-refractivity contribution < 1.29 is 23.1 Å². The van der Waals surface area contributed by atoms with E-state index in [1.165, 1.54) is 6.07 Å². The number of carbonyl (C=O) groups excluding carboxylic acids is 2. The Morgan fingerprint density at radius 2 is 2.00 bits per heavy atom. The summed E-state index contributed by atoms with van der Waals surface area (Å²) < 4.78 is 35.1. The van der Waals surface area contributed by atoms with Crippen LogP contribution in [0.5, 0.6) is 0 Å². The highest BCUT2D eigenvalue weighted by molar-refractivity contribution is 7.19. The van der Waals surface area contributed by atoms with Gasteiger partial charge in [-0.3, -0.25) is 9.59 Å². The molecule has 1 unspecified atom stereocenters. The SMILES string of the molecule is CCOC(=O)C1CCCN(C(=O)c2cc3sc(C)cc3n2Cc2ccc(F)c(F)c2)C1. The molecule has 0 radical (unpaired) electrons. The summed E-state index contributed by atoms with van der Waals surface area (Å²) in [6, 6.07) is 7.62. The fourth-order valence-electron chi connectivity index (χ4n) is 4.11. The highest BCUT2D eigenvalue weighted by Crippen LogP contribution is 2.31. The number of ether oxygens (including phenoxy) is 1. The second-order valence-electron chi connectivity index (χ2n) is 7.81. The van der Waals surface area contributed by atoms with E-state index in [1.807, 2.05) is 23.6 Å². The van der Waals surface area contributed by atoms with E-state index in [1.54, 1.807) is 23.2 Å². The number of piperidine rings is 1. The molecule has 3 heterocycles. The smallest absolute Gasteiger partial charge is 0.310 e. The Hall–Kier alpha value is -2.74. The van der Waals surface area contributed by atoms with Gasteiger partial charge in [-0.1, -0.05) is 6.07 Å². The number of aromatic nitrogens is 1. The first kappa shape index (κ1) is 21.5. The van der Waals surface area contributed by atoms with Gasteiger partial charge in [-0.15, -0.1) is 11.3 Å². The minimum Gasteiger partial charge on any atom is -0.466 e. The van der Waals surface area contributed by atoms with Gasteiger partial charge in [-0.05, 0) is 56.5 Å². The standard InChI is InChI=1S/C23H24F2N2O3S/c1-3-30-23(29)16-5-4-8-26(13-16)22(28)20-11-21-19(9-14(2)31-21)27(20)12-15-6-7-17(24)18(25)10-15/h6-7,9-11,16H,3-5,8,12-13H2,1-2H3. The molecule has 1 aliphatic heterocycles. The third kappa shape index (κ3) is 4.35. The molecule has 8 heteroatoms. The van der Waals surface area contributed by atoms with Crippen molar-refractivity contribution in [2.75, 3.05) is 19.7 Å². The van der Waals surface area contributed by atoms with Gasteiger partial charge in [0.1, 0.15) is 5.69 Å². The Morgan fingerprint density at radius 1 is 1.19 bits per heavy atom. The number of halogens is 2. The maximum absolute atomic E-state index is 13.8. The number of fused-ring (bicyclic) bond motifs is 1. The van der Waals surface area contributed by atoms with Gasteiger partial charge in [0.05, 0.1) is 22.7 Å². The molecular formula is C23H24F2N2O3S. The number of aryl methyl sites for hydroxylation is 1. The van der Waals surface area contributed by atoms with Crippen molar-refractivity contribution in [2.24, 2.45) is 5.92 Å². The zero-order valence-corrected chi connectivity index (χ0v) is 18.3. The molecule has 164 valence electrons. The molecule has 0 saturated carbocycles. The molecule has 5 nitrogen and oxygen atoms in total. The molecule has 0 aliphatic carbocycles. The molecule has 0 bridgehead atoms. The molecule has 1 amide bonds. The highest BCUT2D eigenvalue weighted by atomic mass is 32.1. The van der Waals surface area contributed by atoms with E-state index >= 15 is 0 Å². The predicted molar refractivity (Wildman–Crippen MR) is 115 cm³/mol. The predicted octanol–water partition coefficient (Wildman–Crippen LogP) is 4.75. The summed E-state index contributed by atoms with van der Waals surface area (Å²) in [6.45, 7) is 5.20. The number of nitrogens with zero attached hydrogens (tertiary/aromatic N) is 2. The fraction of sp³-hybridized carbons (Fsp3) is 0.391. The van der Waals surface area contributed by atoms with Crippen LogP contribution in [0, 0.1) is 24.5 Å². The Labute approximate surface area is 183 Å². The minimum absolute atomic E-state index is 0.169. The average Bonchev–Trinajstić information content (AvgIpc) is 3.27. The lowest BCUT2D eigenvalue weighted by Gasteiger charge is -2.31. The van der Waals surface area contributed by atoms with E-state index in [-0.39, 0.29) is 24.3 Å². The van der Waals surface area contributed by atoms with Crippen molar-refractivity contribution in [3.05, 3.63) is 58.1 Å². The molecular weight excluding hydrogens is 422 g/mol. The summed E-state index contributed by atoms with van der Waals surface area (Å²) in [5.41, 5.74) is 1.93. The highest BCUT2D eigenvalue weighted by Gasteiger charge is 2.31. The van der Waals surface area contributed by atoms with Crippen LogP contribution in [0.15, 0.2) is 30.3 Å². The van der Waals surface area contributed by atoms with Crippen LogP contribution in [0.2, 0.25) is 0 Å². The molecule has 31 heavy (non-hydrogen) atoms. The number of likely N-dealkylation sites (tertiary alicyclic amines) is 1. The average molecular weight is 447 g/mol. The summed E-state index contributed by atoms with van der Waals surface area (Å²) in [4.78, 5) is 28.4. The van der Waals surface area contributed by atoms with E-state index in [9.17, 15) is 18.4 Å². The molecule has 1 atom stereocenters. The largest absolute Gasteiger partial charge is 0.466 e. The molecule has 2 aromatic heterocycles. The number of amides is 1. The number of carbonyl (C=O) groups is 2. The van der Waals surface area contributed by atoms with Gasteiger partial charge >= 0.3 is 5.97 Å². The fourth-order valence-corrected chi connectivity index (χ4v) is 5.07. The summed E-state index contributed by atoms with van der Waals surface area (Å²) in [5.74, 6) is -2.58. The van der Waals surface area contributed by atoms with Crippen molar-refractivity contribution >= 4 is 33.4 Å². The van der Waals surface area contributed by atoms with Gasteiger partial charge in [-0.2, -0.15) is 0 Å². The molecule has 3 aromatic rings. The lowest BCUT2D eigenvalue weighted by Crippen LogP contribution is -2.43. The first-order valence-corrected chi connectivity index (χ1v) is 11.2. The lowest BCUT2D eigenvalue weighted by atomic mass is 9.98. The van der Waals surface area contributed by atoms with Gasteiger partial charge < -0.3 is 14.2 Å². The summed E-state index contributed by atoms with van der Waals surface area (Å²) in [5, 5.41) is 0. The zero-order valence-electron chi connectivity index (χ0n) is 17.5. The summed E-state index contributed by atoms with van der Waals surface area (Å²) >= 11 is 1.58. The first-order chi connectivity index (χ1) is 14.9. The molecule has 1 aromatic carbocycles. The monoisotopic (exact) mass is 446 g/mol. The second-order valence-corrected chi connectivity index (χ2v) is 9.10. The number of hydrogen-bond acceptors (Lipinski definition) is 4.